The number of rotatable bonds is 11. The molecule has 11 nitrogen and oxygen atoms in total. The average molecular weight is 527 g/mol. The molecular formula is C22H30N4O7S2. The van der Waals surface area contributed by atoms with E-state index in [-0.39, 0.29) is 42.5 Å². The molecule has 192 valence electrons. The third kappa shape index (κ3) is 6.90. The first-order chi connectivity index (χ1) is 16.5. The molecule has 2 aromatic carbocycles. The van der Waals surface area contributed by atoms with Crippen LogP contribution in [0.25, 0.3) is 0 Å². The molecule has 0 radical (unpaired) electrons. The molecule has 0 saturated carbocycles. The summed E-state index contributed by atoms with van der Waals surface area (Å²) in [5.41, 5.74) is 0.944. The zero-order chi connectivity index (χ0) is 25.6. The van der Waals surface area contributed by atoms with Crippen molar-refractivity contribution in [3.63, 3.8) is 0 Å². The maximum atomic E-state index is 13.7. The van der Waals surface area contributed by atoms with Crippen LogP contribution in [-0.4, -0.2) is 78.2 Å². The number of anilines is 2. The summed E-state index contributed by atoms with van der Waals surface area (Å²) in [5.74, 6) is 0. The average Bonchev–Trinajstić information content (AvgIpc) is 2.83. The highest BCUT2D eigenvalue weighted by molar-refractivity contribution is 7.89. The minimum atomic E-state index is -4.07. The van der Waals surface area contributed by atoms with Crippen molar-refractivity contribution in [2.75, 3.05) is 61.9 Å². The van der Waals surface area contributed by atoms with Crippen molar-refractivity contribution in [3.8, 4) is 0 Å². The predicted molar refractivity (Wildman–Crippen MR) is 134 cm³/mol. The minimum Gasteiger partial charge on any atom is -0.369 e. The van der Waals surface area contributed by atoms with Gasteiger partial charge in [0.1, 0.15) is 4.90 Å². The molecule has 1 aliphatic heterocycles. The molecule has 0 spiro atoms. The quantitative estimate of drug-likeness (QED) is 0.246. The molecule has 0 bridgehead atoms. The molecule has 0 atom stereocenters. The second kappa shape index (κ2) is 11.3. The van der Waals surface area contributed by atoms with Crippen LogP contribution in [0.15, 0.2) is 53.4 Å². The van der Waals surface area contributed by atoms with Gasteiger partial charge >= 0.3 is 0 Å². The molecule has 35 heavy (non-hydrogen) atoms. The lowest BCUT2D eigenvalue weighted by Gasteiger charge is -2.36. The summed E-state index contributed by atoms with van der Waals surface area (Å²) in [5, 5.41) is 11.4. The number of para-hydroxylation sites is 1. The standard InChI is InChI=1S/C22H30N4O7S2/c1-3-11-24(16-17-33-34(2,29)30)21-10-9-20(26(27)28)18-22(21)35(31,32)25-14-12-23(13-15-25)19-7-5-4-6-8-19/h4-10,18H,3,11-17H2,1-2H3. The van der Waals surface area contributed by atoms with E-state index in [1.54, 1.807) is 4.90 Å². The maximum absolute atomic E-state index is 13.7. The summed E-state index contributed by atoms with van der Waals surface area (Å²) in [6.07, 6.45) is 1.58. The van der Waals surface area contributed by atoms with Crippen LogP contribution in [0.2, 0.25) is 0 Å². The number of piperazine rings is 1. The summed E-state index contributed by atoms with van der Waals surface area (Å²) in [6.45, 7) is 3.65. The van der Waals surface area contributed by atoms with E-state index >= 15 is 0 Å². The molecule has 0 amide bonds. The summed E-state index contributed by atoms with van der Waals surface area (Å²) in [7, 11) is -7.74. The van der Waals surface area contributed by atoms with Crippen molar-refractivity contribution in [1.29, 1.82) is 0 Å². The van der Waals surface area contributed by atoms with Gasteiger partial charge in [0, 0.05) is 57.1 Å². The zero-order valence-corrected chi connectivity index (χ0v) is 21.4. The zero-order valence-electron chi connectivity index (χ0n) is 19.7. The van der Waals surface area contributed by atoms with Crippen LogP contribution in [-0.2, 0) is 24.3 Å². The van der Waals surface area contributed by atoms with Crippen LogP contribution >= 0.6 is 0 Å². The number of hydrogen-bond donors (Lipinski definition) is 0. The summed E-state index contributed by atoms with van der Waals surface area (Å²) >= 11 is 0. The fourth-order valence-corrected chi connectivity index (χ4v) is 6.00. The van der Waals surface area contributed by atoms with E-state index in [2.05, 4.69) is 4.90 Å². The molecule has 0 N–H and O–H groups in total. The number of nitro benzene ring substituents is 1. The van der Waals surface area contributed by atoms with Gasteiger partial charge in [0.25, 0.3) is 15.8 Å². The topological polar surface area (TPSA) is 130 Å². The van der Waals surface area contributed by atoms with Crippen LogP contribution in [0, 0.1) is 10.1 Å². The largest absolute Gasteiger partial charge is 0.369 e. The lowest BCUT2D eigenvalue weighted by Crippen LogP contribution is -2.49. The summed E-state index contributed by atoms with van der Waals surface area (Å²) in [4.78, 5) is 14.4. The molecule has 1 aliphatic rings. The Morgan fingerprint density at radius 2 is 1.66 bits per heavy atom. The molecular weight excluding hydrogens is 496 g/mol. The Balaban J connectivity index is 1.90. The van der Waals surface area contributed by atoms with Crippen LogP contribution in [0.1, 0.15) is 13.3 Å². The van der Waals surface area contributed by atoms with E-state index in [1.165, 1.54) is 16.4 Å². The second-order valence-electron chi connectivity index (χ2n) is 8.15. The molecule has 13 heteroatoms. The first kappa shape index (κ1) is 26.9. The molecule has 0 aromatic heterocycles. The van der Waals surface area contributed by atoms with Crippen LogP contribution in [0.3, 0.4) is 0 Å². The SMILES string of the molecule is CCCN(CCOS(C)(=O)=O)c1ccc([N+](=O)[O-])cc1S(=O)(=O)N1CCN(c2ccccc2)CC1. The van der Waals surface area contributed by atoms with Crippen molar-refractivity contribution in [1.82, 2.24) is 4.31 Å². The van der Waals surface area contributed by atoms with Gasteiger partial charge in [-0.05, 0) is 24.6 Å². The smallest absolute Gasteiger partial charge is 0.270 e. The fraction of sp³-hybridized carbons (Fsp3) is 0.455. The number of non-ortho nitro benzene ring substituents is 1. The Labute approximate surface area is 206 Å². The maximum Gasteiger partial charge on any atom is 0.270 e. The highest BCUT2D eigenvalue weighted by Crippen LogP contribution is 2.32. The first-order valence-corrected chi connectivity index (χ1v) is 14.5. The number of benzene rings is 2. The van der Waals surface area contributed by atoms with E-state index in [0.717, 1.165) is 18.0 Å². The summed E-state index contributed by atoms with van der Waals surface area (Å²) in [6, 6.07) is 13.4. The number of sulfonamides is 1. The molecule has 1 fully saturated rings. The number of nitrogens with zero attached hydrogens (tertiary/aromatic N) is 4. The van der Waals surface area contributed by atoms with Crippen molar-refractivity contribution in [2.24, 2.45) is 0 Å². The molecule has 0 unspecified atom stereocenters. The normalized spacial score (nSPS) is 15.2. The Morgan fingerprint density at radius 3 is 2.23 bits per heavy atom. The highest BCUT2D eigenvalue weighted by Gasteiger charge is 2.33. The Morgan fingerprint density at radius 1 is 1.00 bits per heavy atom. The first-order valence-electron chi connectivity index (χ1n) is 11.2. The van der Waals surface area contributed by atoms with E-state index in [1.807, 2.05) is 37.3 Å². The van der Waals surface area contributed by atoms with Gasteiger partial charge in [-0.15, -0.1) is 0 Å². The molecule has 1 heterocycles. The molecule has 1 saturated heterocycles. The number of nitro groups is 1. The monoisotopic (exact) mass is 526 g/mol. The van der Waals surface area contributed by atoms with Gasteiger partial charge in [0.2, 0.25) is 10.0 Å². The summed E-state index contributed by atoms with van der Waals surface area (Å²) < 4.78 is 56.3. The van der Waals surface area contributed by atoms with E-state index in [9.17, 15) is 26.9 Å². The fourth-order valence-electron chi connectivity index (χ4n) is 3.97. The van der Waals surface area contributed by atoms with Crippen molar-refractivity contribution in [2.45, 2.75) is 18.2 Å². The van der Waals surface area contributed by atoms with E-state index in [4.69, 9.17) is 4.18 Å². The third-order valence-electron chi connectivity index (χ3n) is 5.62. The lowest BCUT2D eigenvalue weighted by atomic mass is 10.2. The molecule has 3 rings (SSSR count). The van der Waals surface area contributed by atoms with Gasteiger partial charge in [0.05, 0.1) is 23.5 Å². The van der Waals surface area contributed by atoms with Crippen molar-refractivity contribution >= 4 is 37.2 Å². The Kier molecular flexibility index (Phi) is 8.70. The van der Waals surface area contributed by atoms with E-state index in [0.29, 0.717) is 26.1 Å². The predicted octanol–water partition coefficient (Wildman–Crippen LogP) is 2.30. The van der Waals surface area contributed by atoms with Gasteiger partial charge < -0.3 is 9.80 Å². The van der Waals surface area contributed by atoms with Gasteiger partial charge in [-0.25, -0.2) is 8.42 Å². The molecule has 0 aliphatic carbocycles. The van der Waals surface area contributed by atoms with Gasteiger partial charge in [-0.3, -0.25) is 14.3 Å². The third-order valence-corrected chi connectivity index (χ3v) is 8.15. The Hall–Kier alpha value is -2.74. The van der Waals surface area contributed by atoms with Gasteiger partial charge in [-0.2, -0.15) is 12.7 Å². The van der Waals surface area contributed by atoms with Gasteiger partial charge in [-0.1, -0.05) is 25.1 Å². The lowest BCUT2D eigenvalue weighted by molar-refractivity contribution is -0.385. The molecule has 2 aromatic rings. The van der Waals surface area contributed by atoms with Crippen LogP contribution in [0.5, 0.6) is 0 Å². The van der Waals surface area contributed by atoms with E-state index < -0.39 is 25.1 Å². The Bertz CT molecular complexity index is 1230. The van der Waals surface area contributed by atoms with Crippen molar-refractivity contribution in [3.05, 3.63) is 58.6 Å². The highest BCUT2D eigenvalue weighted by atomic mass is 32.2. The van der Waals surface area contributed by atoms with Gasteiger partial charge in [0.15, 0.2) is 0 Å². The van der Waals surface area contributed by atoms with Crippen LogP contribution in [0.4, 0.5) is 17.1 Å². The second-order valence-corrected chi connectivity index (χ2v) is 11.7. The number of hydrogen-bond acceptors (Lipinski definition) is 9. The van der Waals surface area contributed by atoms with Crippen molar-refractivity contribution < 1.29 is 25.9 Å². The minimum absolute atomic E-state index is 0.100. The van der Waals surface area contributed by atoms with Crippen LogP contribution < -0.4 is 9.80 Å².